The fourth-order valence-corrected chi connectivity index (χ4v) is 1.73. The quantitative estimate of drug-likeness (QED) is 0.631. The Morgan fingerprint density at radius 2 is 1.94 bits per heavy atom. The first-order valence-corrected chi connectivity index (χ1v) is 5.56. The van der Waals surface area contributed by atoms with E-state index in [1.807, 2.05) is 0 Å². The van der Waals surface area contributed by atoms with Crippen molar-refractivity contribution in [3.05, 3.63) is 34.1 Å². The molecule has 7 heteroatoms. The zero-order valence-corrected chi connectivity index (χ0v) is 11.3. The van der Waals surface area contributed by atoms with Gasteiger partial charge in [0.1, 0.15) is 10.8 Å². The van der Waals surface area contributed by atoms with Gasteiger partial charge >= 0.3 is 11.9 Å². The number of nitrogens with zero attached hydrogens (tertiary/aromatic N) is 1. The second kappa shape index (κ2) is 5.93. The molecule has 0 aromatic carbocycles. The lowest BCUT2D eigenvalue weighted by atomic mass is 10.3. The van der Waals surface area contributed by atoms with Crippen molar-refractivity contribution in [1.82, 2.24) is 4.57 Å². The number of hydrogen-bond acceptors (Lipinski definition) is 4. The molecule has 1 aromatic heterocycles. The van der Waals surface area contributed by atoms with Crippen LogP contribution in [0.4, 0.5) is 0 Å². The second-order valence-electron chi connectivity index (χ2n) is 3.34. The van der Waals surface area contributed by atoms with Crippen LogP contribution in [0.2, 0.25) is 10.2 Å². The molecule has 18 heavy (non-hydrogen) atoms. The van der Waals surface area contributed by atoms with Crippen LogP contribution in [0, 0.1) is 0 Å². The van der Waals surface area contributed by atoms with Gasteiger partial charge in [0.25, 0.3) is 0 Å². The first kappa shape index (κ1) is 14.6. The molecule has 0 spiro atoms. The first-order valence-electron chi connectivity index (χ1n) is 4.81. The molecule has 98 valence electrons. The molecular weight excluding hydrogens is 281 g/mol. The molecule has 0 radical (unpaired) electrons. The highest BCUT2D eigenvalue weighted by Gasteiger charge is 2.20. The molecule has 1 rings (SSSR count). The van der Waals surface area contributed by atoms with E-state index in [0.29, 0.717) is 0 Å². The number of methoxy groups -OCH3 is 2. The van der Waals surface area contributed by atoms with Gasteiger partial charge in [0.2, 0.25) is 0 Å². The highest BCUT2D eigenvalue weighted by atomic mass is 35.5. The zero-order valence-electron chi connectivity index (χ0n) is 9.83. The predicted molar refractivity (Wildman–Crippen MR) is 66.9 cm³/mol. The van der Waals surface area contributed by atoms with Gasteiger partial charge < -0.3 is 14.0 Å². The third-order valence-electron chi connectivity index (χ3n) is 2.21. The molecule has 0 saturated heterocycles. The maximum absolute atomic E-state index is 11.5. The van der Waals surface area contributed by atoms with E-state index in [1.165, 1.54) is 24.9 Å². The van der Waals surface area contributed by atoms with E-state index in [-0.39, 0.29) is 28.0 Å². The Labute approximate surface area is 114 Å². The largest absolute Gasteiger partial charge is 0.466 e. The van der Waals surface area contributed by atoms with Crippen LogP contribution in [-0.4, -0.2) is 30.7 Å². The van der Waals surface area contributed by atoms with E-state index in [2.05, 4.69) is 16.1 Å². The van der Waals surface area contributed by atoms with Crippen molar-refractivity contribution < 1.29 is 19.1 Å². The molecule has 0 aliphatic carbocycles. The van der Waals surface area contributed by atoms with Gasteiger partial charge in [-0.2, -0.15) is 0 Å². The standard InChI is InChI=1S/C11H11Cl2NO4/c1-6(10(15)17-2)5-14-8(11(16)18-3)4-7(12)9(14)13/h4H,1,5H2,2-3H3. The Morgan fingerprint density at radius 1 is 1.33 bits per heavy atom. The summed E-state index contributed by atoms with van der Waals surface area (Å²) in [5.74, 6) is -1.20. The molecule has 0 amide bonds. The van der Waals surface area contributed by atoms with Crippen LogP contribution in [0.15, 0.2) is 18.2 Å². The summed E-state index contributed by atoms with van der Waals surface area (Å²) in [6.07, 6.45) is 0. The summed E-state index contributed by atoms with van der Waals surface area (Å²) < 4.78 is 10.4. The molecule has 1 heterocycles. The van der Waals surface area contributed by atoms with E-state index < -0.39 is 11.9 Å². The molecule has 0 aliphatic rings. The van der Waals surface area contributed by atoms with Crippen molar-refractivity contribution >= 4 is 35.1 Å². The lowest BCUT2D eigenvalue weighted by Gasteiger charge is -2.10. The minimum absolute atomic E-state index is 0.0112. The average Bonchev–Trinajstić information content (AvgIpc) is 2.64. The summed E-state index contributed by atoms with van der Waals surface area (Å²) in [5, 5.41) is 0.317. The zero-order chi connectivity index (χ0) is 13.9. The molecule has 0 aliphatic heterocycles. The van der Waals surface area contributed by atoms with Crippen molar-refractivity contribution in [2.24, 2.45) is 0 Å². The van der Waals surface area contributed by atoms with Gasteiger partial charge in [-0.25, -0.2) is 9.59 Å². The van der Waals surface area contributed by atoms with Crippen LogP contribution in [0.1, 0.15) is 10.5 Å². The maximum atomic E-state index is 11.5. The van der Waals surface area contributed by atoms with Crippen LogP contribution in [-0.2, 0) is 20.8 Å². The fraction of sp³-hybridized carbons (Fsp3) is 0.273. The van der Waals surface area contributed by atoms with E-state index in [0.717, 1.165) is 0 Å². The predicted octanol–water partition coefficient (Wildman–Crippen LogP) is 2.31. The number of esters is 2. The Hall–Kier alpha value is -1.46. The fourth-order valence-electron chi connectivity index (χ4n) is 1.32. The third kappa shape index (κ3) is 2.86. The molecule has 0 atom stereocenters. The molecular formula is C11H11Cl2NO4. The van der Waals surface area contributed by atoms with Gasteiger partial charge in [-0.05, 0) is 6.07 Å². The van der Waals surface area contributed by atoms with Crippen LogP contribution >= 0.6 is 23.2 Å². The minimum Gasteiger partial charge on any atom is -0.466 e. The lowest BCUT2D eigenvalue weighted by molar-refractivity contribution is -0.136. The summed E-state index contributed by atoms with van der Waals surface area (Å²) in [7, 11) is 2.47. The first-order chi connectivity index (χ1) is 8.42. The van der Waals surface area contributed by atoms with Crippen LogP contribution in [0.3, 0.4) is 0 Å². The Kier molecular flexibility index (Phi) is 4.81. The summed E-state index contributed by atoms with van der Waals surface area (Å²) in [6, 6.07) is 1.36. The van der Waals surface area contributed by atoms with Crippen LogP contribution in [0.5, 0.6) is 0 Å². The lowest BCUT2D eigenvalue weighted by Crippen LogP contribution is -2.15. The number of ether oxygens (including phenoxy) is 2. The van der Waals surface area contributed by atoms with E-state index in [4.69, 9.17) is 23.2 Å². The normalized spacial score (nSPS) is 10.0. The number of aromatic nitrogens is 1. The van der Waals surface area contributed by atoms with Gasteiger partial charge in [-0.15, -0.1) is 0 Å². The molecule has 5 nitrogen and oxygen atoms in total. The summed E-state index contributed by atoms with van der Waals surface area (Å²) in [6.45, 7) is 3.54. The van der Waals surface area contributed by atoms with Gasteiger partial charge in [0.05, 0.1) is 25.8 Å². The molecule has 1 aromatic rings. The second-order valence-corrected chi connectivity index (χ2v) is 4.11. The summed E-state index contributed by atoms with van der Waals surface area (Å²) in [5.41, 5.74) is 0.273. The minimum atomic E-state index is -0.610. The van der Waals surface area contributed by atoms with Crippen LogP contribution < -0.4 is 0 Å². The molecule has 0 fully saturated rings. The maximum Gasteiger partial charge on any atom is 0.354 e. The van der Waals surface area contributed by atoms with Crippen molar-refractivity contribution in [2.45, 2.75) is 6.54 Å². The number of carbonyl (C=O) groups excluding carboxylic acids is 2. The highest BCUT2D eigenvalue weighted by Crippen LogP contribution is 2.27. The van der Waals surface area contributed by atoms with Gasteiger partial charge in [-0.3, -0.25) is 0 Å². The Morgan fingerprint density at radius 3 is 2.44 bits per heavy atom. The van der Waals surface area contributed by atoms with Gasteiger partial charge in [-0.1, -0.05) is 29.8 Å². The summed E-state index contributed by atoms with van der Waals surface area (Å²) in [4.78, 5) is 22.8. The number of rotatable bonds is 4. The highest BCUT2D eigenvalue weighted by molar-refractivity contribution is 6.41. The SMILES string of the molecule is C=C(Cn1c(C(=O)OC)cc(Cl)c1Cl)C(=O)OC. The number of carbonyl (C=O) groups is 2. The summed E-state index contributed by atoms with van der Waals surface area (Å²) >= 11 is 11.8. The van der Waals surface area contributed by atoms with Gasteiger partial charge in [0.15, 0.2) is 0 Å². The Balaban J connectivity index is 3.11. The number of halogens is 2. The van der Waals surface area contributed by atoms with Crippen molar-refractivity contribution in [2.75, 3.05) is 14.2 Å². The van der Waals surface area contributed by atoms with Crippen molar-refractivity contribution in [1.29, 1.82) is 0 Å². The molecule has 0 bridgehead atoms. The molecule has 0 unspecified atom stereocenters. The molecule has 0 saturated carbocycles. The topological polar surface area (TPSA) is 57.5 Å². The van der Waals surface area contributed by atoms with Crippen LogP contribution in [0.25, 0.3) is 0 Å². The number of hydrogen-bond donors (Lipinski definition) is 0. The molecule has 0 N–H and O–H groups in total. The van der Waals surface area contributed by atoms with Gasteiger partial charge in [0, 0.05) is 5.57 Å². The Bertz CT molecular complexity index is 507. The third-order valence-corrected chi connectivity index (χ3v) is 3.00. The average molecular weight is 292 g/mol. The van der Waals surface area contributed by atoms with Crippen molar-refractivity contribution in [3.63, 3.8) is 0 Å². The smallest absolute Gasteiger partial charge is 0.354 e. The monoisotopic (exact) mass is 291 g/mol. The van der Waals surface area contributed by atoms with E-state index >= 15 is 0 Å². The van der Waals surface area contributed by atoms with E-state index in [1.54, 1.807) is 0 Å². The van der Waals surface area contributed by atoms with E-state index in [9.17, 15) is 9.59 Å². The van der Waals surface area contributed by atoms with Crippen molar-refractivity contribution in [3.8, 4) is 0 Å².